The largest absolute Gasteiger partial charge is 0.478 e. The van der Waals surface area contributed by atoms with Crippen molar-refractivity contribution >= 4 is 5.82 Å². The first-order valence-corrected chi connectivity index (χ1v) is 8.09. The number of rotatable bonds is 7. The van der Waals surface area contributed by atoms with Gasteiger partial charge in [0, 0.05) is 25.1 Å². The van der Waals surface area contributed by atoms with Crippen molar-refractivity contribution in [2.24, 2.45) is 0 Å². The molecule has 1 heterocycles. The van der Waals surface area contributed by atoms with Gasteiger partial charge in [0.1, 0.15) is 11.6 Å². The maximum Gasteiger partial charge on any atom is 0.218 e. The smallest absolute Gasteiger partial charge is 0.218 e. The molecule has 0 aromatic carbocycles. The van der Waals surface area contributed by atoms with Crippen LogP contribution < -0.4 is 10.1 Å². The summed E-state index contributed by atoms with van der Waals surface area (Å²) in [7, 11) is 4.14. The monoisotopic (exact) mass is 292 g/mol. The van der Waals surface area contributed by atoms with Crippen molar-refractivity contribution in [1.82, 2.24) is 14.9 Å². The molecule has 0 saturated heterocycles. The van der Waals surface area contributed by atoms with Crippen LogP contribution in [0.1, 0.15) is 50.8 Å². The van der Waals surface area contributed by atoms with Crippen LogP contribution in [0.4, 0.5) is 5.82 Å². The molecular formula is C16H28N4O. The summed E-state index contributed by atoms with van der Waals surface area (Å²) in [6.07, 6.45) is 6.32. The maximum atomic E-state index is 5.60. The number of nitrogens with zero attached hydrogens (tertiary/aromatic N) is 3. The zero-order valence-electron chi connectivity index (χ0n) is 13.6. The zero-order valence-corrected chi connectivity index (χ0v) is 13.6. The van der Waals surface area contributed by atoms with Crippen LogP contribution >= 0.6 is 0 Å². The van der Waals surface area contributed by atoms with Crippen LogP contribution in [-0.4, -0.2) is 48.7 Å². The van der Waals surface area contributed by atoms with Crippen LogP contribution in [0.2, 0.25) is 0 Å². The van der Waals surface area contributed by atoms with Gasteiger partial charge in [-0.3, -0.25) is 0 Å². The Morgan fingerprint density at radius 3 is 2.67 bits per heavy atom. The molecule has 1 saturated carbocycles. The number of hydrogen-bond donors (Lipinski definition) is 1. The average molecular weight is 292 g/mol. The first-order valence-electron chi connectivity index (χ1n) is 8.09. The summed E-state index contributed by atoms with van der Waals surface area (Å²) in [6.45, 7) is 4.48. The fourth-order valence-electron chi connectivity index (χ4n) is 2.71. The van der Waals surface area contributed by atoms with E-state index in [1.54, 1.807) is 0 Å². The van der Waals surface area contributed by atoms with Gasteiger partial charge in [-0.15, -0.1) is 0 Å². The second-order valence-corrected chi connectivity index (χ2v) is 5.95. The lowest BCUT2D eigenvalue weighted by Gasteiger charge is -2.21. The summed E-state index contributed by atoms with van der Waals surface area (Å²) in [5.41, 5.74) is 0. The Labute approximate surface area is 128 Å². The molecule has 118 valence electrons. The van der Waals surface area contributed by atoms with E-state index >= 15 is 0 Å². The van der Waals surface area contributed by atoms with Crippen LogP contribution in [0.5, 0.6) is 5.88 Å². The van der Waals surface area contributed by atoms with E-state index in [1.165, 1.54) is 32.1 Å². The Bertz CT molecular complexity index is 430. The molecular weight excluding hydrogens is 264 g/mol. The van der Waals surface area contributed by atoms with Gasteiger partial charge >= 0.3 is 0 Å². The van der Waals surface area contributed by atoms with Crippen molar-refractivity contribution in [2.45, 2.75) is 44.9 Å². The minimum atomic E-state index is 0.494. The second kappa shape index (κ2) is 8.17. The molecule has 0 spiro atoms. The second-order valence-electron chi connectivity index (χ2n) is 5.95. The van der Waals surface area contributed by atoms with Gasteiger partial charge < -0.3 is 15.0 Å². The molecule has 0 radical (unpaired) electrons. The molecule has 0 unspecified atom stereocenters. The van der Waals surface area contributed by atoms with Crippen molar-refractivity contribution < 1.29 is 4.74 Å². The van der Waals surface area contributed by atoms with Gasteiger partial charge in [0.2, 0.25) is 5.88 Å². The highest BCUT2D eigenvalue weighted by atomic mass is 16.5. The molecule has 1 aliphatic rings. The highest BCUT2D eigenvalue weighted by molar-refractivity contribution is 5.39. The number of aromatic nitrogens is 2. The fourth-order valence-corrected chi connectivity index (χ4v) is 2.71. The average Bonchev–Trinajstić information content (AvgIpc) is 2.48. The van der Waals surface area contributed by atoms with Crippen LogP contribution in [0, 0.1) is 0 Å². The molecule has 0 aliphatic heterocycles. The quantitative estimate of drug-likeness (QED) is 0.837. The predicted molar refractivity (Wildman–Crippen MR) is 86.1 cm³/mol. The topological polar surface area (TPSA) is 50.3 Å². The summed E-state index contributed by atoms with van der Waals surface area (Å²) in [4.78, 5) is 11.5. The van der Waals surface area contributed by atoms with Gasteiger partial charge in [0.15, 0.2) is 0 Å². The van der Waals surface area contributed by atoms with E-state index in [9.17, 15) is 0 Å². The van der Waals surface area contributed by atoms with Gasteiger partial charge in [-0.25, -0.2) is 4.98 Å². The van der Waals surface area contributed by atoms with E-state index < -0.39 is 0 Å². The first-order chi connectivity index (χ1) is 10.2. The van der Waals surface area contributed by atoms with Gasteiger partial charge in [-0.1, -0.05) is 19.3 Å². The van der Waals surface area contributed by atoms with Crippen molar-refractivity contribution in [3.63, 3.8) is 0 Å². The van der Waals surface area contributed by atoms with Crippen molar-refractivity contribution in [1.29, 1.82) is 0 Å². The number of nitrogens with one attached hydrogen (secondary N) is 1. The Kier molecular flexibility index (Phi) is 6.23. The fraction of sp³-hybridized carbons (Fsp3) is 0.750. The third-order valence-electron chi connectivity index (χ3n) is 3.85. The molecule has 0 amide bonds. The van der Waals surface area contributed by atoms with E-state index in [2.05, 4.69) is 29.3 Å². The van der Waals surface area contributed by atoms with Gasteiger partial charge in [0.25, 0.3) is 0 Å². The lowest BCUT2D eigenvalue weighted by atomic mass is 9.89. The molecule has 5 heteroatoms. The molecule has 1 aromatic rings. The van der Waals surface area contributed by atoms with Gasteiger partial charge in [0.05, 0.1) is 6.61 Å². The number of anilines is 1. The van der Waals surface area contributed by atoms with E-state index in [1.807, 2.05) is 13.0 Å². The number of ether oxygens (including phenoxy) is 1. The van der Waals surface area contributed by atoms with E-state index in [-0.39, 0.29) is 0 Å². The Hall–Kier alpha value is -1.36. The Morgan fingerprint density at radius 2 is 2.00 bits per heavy atom. The van der Waals surface area contributed by atoms with E-state index in [4.69, 9.17) is 9.72 Å². The number of likely N-dealkylation sites (N-methyl/N-ethyl adjacent to an activating group) is 1. The normalized spacial score (nSPS) is 16.2. The minimum Gasteiger partial charge on any atom is -0.478 e. The molecule has 5 nitrogen and oxygen atoms in total. The summed E-state index contributed by atoms with van der Waals surface area (Å²) in [5, 5.41) is 3.38. The van der Waals surface area contributed by atoms with E-state index in [0.29, 0.717) is 18.4 Å². The molecule has 1 N–H and O–H groups in total. The Balaban J connectivity index is 2.09. The SMILES string of the molecule is CCOc1cc(NCCN(C)C)nc(C2CCCCC2)n1. The highest BCUT2D eigenvalue weighted by Crippen LogP contribution is 2.32. The number of hydrogen-bond acceptors (Lipinski definition) is 5. The van der Waals surface area contributed by atoms with Crippen LogP contribution in [0.15, 0.2) is 6.07 Å². The standard InChI is InChI=1S/C16H28N4O/c1-4-21-15-12-14(17-10-11-20(2)3)18-16(19-15)13-8-6-5-7-9-13/h12-13H,4-11H2,1-3H3,(H,17,18,19). The summed E-state index contributed by atoms with van der Waals surface area (Å²) < 4.78 is 5.60. The van der Waals surface area contributed by atoms with Crippen molar-refractivity contribution in [2.75, 3.05) is 39.1 Å². The molecule has 1 fully saturated rings. The molecule has 1 aromatic heterocycles. The maximum absolute atomic E-state index is 5.60. The zero-order chi connectivity index (χ0) is 15.1. The van der Waals surface area contributed by atoms with E-state index in [0.717, 1.165) is 24.7 Å². The predicted octanol–water partition coefficient (Wildman–Crippen LogP) is 2.90. The molecule has 21 heavy (non-hydrogen) atoms. The Morgan fingerprint density at radius 1 is 1.24 bits per heavy atom. The third kappa shape index (κ3) is 5.16. The highest BCUT2D eigenvalue weighted by Gasteiger charge is 2.19. The van der Waals surface area contributed by atoms with Crippen LogP contribution in [0.3, 0.4) is 0 Å². The van der Waals surface area contributed by atoms with Crippen LogP contribution in [-0.2, 0) is 0 Å². The van der Waals surface area contributed by atoms with Crippen LogP contribution in [0.25, 0.3) is 0 Å². The molecule has 2 rings (SSSR count). The van der Waals surface area contributed by atoms with Crippen molar-refractivity contribution in [3.05, 3.63) is 11.9 Å². The lowest BCUT2D eigenvalue weighted by molar-refractivity contribution is 0.321. The molecule has 1 aliphatic carbocycles. The summed E-state index contributed by atoms with van der Waals surface area (Å²) in [6, 6.07) is 1.91. The lowest BCUT2D eigenvalue weighted by Crippen LogP contribution is -2.21. The minimum absolute atomic E-state index is 0.494. The van der Waals surface area contributed by atoms with Gasteiger partial charge in [-0.05, 0) is 33.9 Å². The summed E-state index contributed by atoms with van der Waals surface area (Å²) in [5.74, 6) is 3.03. The van der Waals surface area contributed by atoms with Gasteiger partial charge in [-0.2, -0.15) is 4.98 Å². The third-order valence-corrected chi connectivity index (χ3v) is 3.85. The first kappa shape index (κ1) is 16.0. The molecule has 0 atom stereocenters. The van der Waals surface area contributed by atoms with Crippen molar-refractivity contribution in [3.8, 4) is 5.88 Å². The molecule has 0 bridgehead atoms. The summed E-state index contributed by atoms with van der Waals surface area (Å²) >= 11 is 0.